The van der Waals surface area contributed by atoms with Crippen molar-refractivity contribution in [2.24, 2.45) is 40.4 Å². The summed E-state index contributed by atoms with van der Waals surface area (Å²) in [4.78, 5) is 12.3. The Morgan fingerprint density at radius 2 is 1.67 bits per heavy atom. The molecule has 4 saturated carbocycles. The van der Waals surface area contributed by atoms with Gasteiger partial charge in [0.2, 0.25) is 0 Å². The van der Waals surface area contributed by atoms with Crippen LogP contribution in [0.15, 0.2) is 0 Å². The third kappa shape index (κ3) is 2.26. The molecule has 0 aromatic rings. The van der Waals surface area contributed by atoms with Crippen LogP contribution in [0.4, 0.5) is 0 Å². The van der Waals surface area contributed by atoms with E-state index >= 15 is 0 Å². The fraction of sp³-hybridized carbons (Fsp3) is 0.952. The van der Waals surface area contributed by atoms with Crippen LogP contribution < -0.4 is 0 Å². The smallest absolute Gasteiger partial charge is 0.161 e. The first-order valence-corrected chi connectivity index (χ1v) is 10.2. The van der Waals surface area contributed by atoms with Crippen LogP contribution >= 0.6 is 0 Å². The molecule has 24 heavy (non-hydrogen) atoms. The molecule has 0 spiro atoms. The van der Waals surface area contributed by atoms with E-state index in [1.54, 1.807) is 0 Å². The van der Waals surface area contributed by atoms with E-state index in [-0.39, 0.29) is 29.8 Å². The van der Waals surface area contributed by atoms with E-state index in [0.717, 1.165) is 37.5 Å². The molecule has 8 atom stereocenters. The van der Waals surface area contributed by atoms with Crippen molar-refractivity contribution in [2.45, 2.75) is 77.7 Å². The Hall–Kier alpha value is -0.410. The average molecular weight is 335 g/mol. The second-order valence-corrected chi connectivity index (χ2v) is 9.88. The molecule has 4 aliphatic rings. The summed E-state index contributed by atoms with van der Waals surface area (Å²) in [6, 6.07) is 0. The normalized spacial score (nSPS) is 53.8. The molecule has 0 unspecified atom stereocenters. The number of ketones is 1. The topological polar surface area (TPSA) is 57.5 Å². The molecule has 0 amide bonds. The number of Topliss-reactive ketones (excluding diaryl/α,β-unsaturated/α-hetero) is 1. The van der Waals surface area contributed by atoms with Gasteiger partial charge in [-0.05, 0) is 92.3 Å². The molecular formula is C21H34O3. The molecule has 0 aromatic carbocycles. The molecular weight excluding hydrogens is 300 g/mol. The maximum atomic E-state index is 12.3. The van der Waals surface area contributed by atoms with Crippen LogP contribution in [0, 0.1) is 40.4 Å². The van der Waals surface area contributed by atoms with Crippen LogP contribution in [-0.4, -0.2) is 28.7 Å². The van der Waals surface area contributed by atoms with Gasteiger partial charge in [0.1, 0.15) is 6.61 Å². The molecule has 3 heteroatoms. The van der Waals surface area contributed by atoms with Crippen LogP contribution in [0.1, 0.15) is 71.6 Å². The highest BCUT2D eigenvalue weighted by atomic mass is 16.3. The Balaban J connectivity index is 1.60. The molecule has 2 N–H and O–H groups in total. The lowest BCUT2D eigenvalue weighted by Crippen LogP contribution is -2.54. The van der Waals surface area contributed by atoms with Crippen LogP contribution in [0.3, 0.4) is 0 Å². The van der Waals surface area contributed by atoms with Crippen LogP contribution in [0.5, 0.6) is 0 Å². The first kappa shape index (κ1) is 17.0. The molecule has 0 aliphatic heterocycles. The average Bonchev–Trinajstić information content (AvgIpc) is 2.92. The van der Waals surface area contributed by atoms with Crippen molar-refractivity contribution in [1.82, 2.24) is 0 Å². The van der Waals surface area contributed by atoms with E-state index in [1.807, 2.05) is 0 Å². The number of carbonyl (C=O) groups excluding carboxylic acids is 1. The van der Waals surface area contributed by atoms with Gasteiger partial charge in [0.15, 0.2) is 5.78 Å². The summed E-state index contributed by atoms with van der Waals surface area (Å²) in [5, 5.41) is 19.5. The van der Waals surface area contributed by atoms with Gasteiger partial charge < -0.3 is 10.2 Å². The number of hydrogen-bond donors (Lipinski definition) is 2. The number of fused-ring (bicyclic) bond motifs is 5. The Bertz CT molecular complexity index is 517. The largest absolute Gasteiger partial charge is 0.393 e. The summed E-state index contributed by atoms with van der Waals surface area (Å²) in [6.07, 6.45) is 10.2. The van der Waals surface area contributed by atoms with Gasteiger partial charge in [0.25, 0.3) is 0 Å². The predicted octanol–water partition coefficient (Wildman–Crippen LogP) is 3.57. The minimum absolute atomic E-state index is 0.0773. The van der Waals surface area contributed by atoms with Crippen molar-refractivity contribution in [3.05, 3.63) is 0 Å². The monoisotopic (exact) mass is 334 g/mol. The minimum Gasteiger partial charge on any atom is -0.393 e. The highest BCUT2D eigenvalue weighted by molar-refractivity contribution is 5.83. The molecule has 0 radical (unpaired) electrons. The van der Waals surface area contributed by atoms with Gasteiger partial charge >= 0.3 is 0 Å². The van der Waals surface area contributed by atoms with Crippen molar-refractivity contribution in [2.75, 3.05) is 6.61 Å². The zero-order valence-electron chi connectivity index (χ0n) is 15.3. The van der Waals surface area contributed by atoms with Gasteiger partial charge in [-0.15, -0.1) is 0 Å². The number of carbonyl (C=O) groups is 1. The van der Waals surface area contributed by atoms with E-state index < -0.39 is 0 Å². The summed E-state index contributed by atoms with van der Waals surface area (Å²) in [5.41, 5.74) is 0.529. The molecule has 0 saturated heterocycles. The number of rotatable bonds is 2. The van der Waals surface area contributed by atoms with Crippen molar-refractivity contribution in [3.8, 4) is 0 Å². The van der Waals surface area contributed by atoms with Gasteiger partial charge in [-0.2, -0.15) is 0 Å². The fourth-order valence-electron chi connectivity index (χ4n) is 7.87. The van der Waals surface area contributed by atoms with E-state index in [2.05, 4.69) is 13.8 Å². The zero-order valence-corrected chi connectivity index (χ0v) is 15.3. The second kappa shape index (κ2) is 5.81. The lowest BCUT2D eigenvalue weighted by molar-refractivity contribution is -0.141. The van der Waals surface area contributed by atoms with Crippen molar-refractivity contribution in [1.29, 1.82) is 0 Å². The van der Waals surface area contributed by atoms with E-state index in [0.29, 0.717) is 17.3 Å². The Kier molecular flexibility index (Phi) is 4.12. The van der Waals surface area contributed by atoms with Crippen molar-refractivity contribution >= 4 is 5.78 Å². The van der Waals surface area contributed by atoms with Gasteiger partial charge in [-0.3, -0.25) is 4.79 Å². The highest BCUT2D eigenvalue weighted by Gasteiger charge is 2.60. The molecule has 0 heterocycles. The fourth-order valence-corrected chi connectivity index (χ4v) is 7.87. The van der Waals surface area contributed by atoms with E-state index in [1.165, 1.54) is 32.1 Å². The van der Waals surface area contributed by atoms with Gasteiger partial charge in [0, 0.05) is 5.92 Å². The highest BCUT2D eigenvalue weighted by Crippen LogP contribution is 2.67. The van der Waals surface area contributed by atoms with Gasteiger partial charge in [-0.25, -0.2) is 0 Å². The van der Waals surface area contributed by atoms with Crippen molar-refractivity contribution in [3.63, 3.8) is 0 Å². The van der Waals surface area contributed by atoms with Crippen LogP contribution in [0.25, 0.3) is 0 Å². The maximum Gasteiger partial charge on any atom is 0.161 e. The number of hydrogen-bond acceptors (Lipinski definition) is 3. The van der Waals surface area contributed by atoms with Gasteiger partial charge in [0.05, 0.1) is 6.10 Å². The lowest BCUT2D eigenvalue weighted by atomic mass is 9.44. The SMILES string of the molecule is C[C@@]12CC[C@@H](O)C[C@H]1CC[C@H]1[C@H]2CC[C@]2(C)[C@@H]1CC[C@H]2C(=O)CO. The van der Waals surface area contributed by atoms with Crippen LogP contribution in [0.2, 0.25) is 0 Å². The lowest BCUT2D eigenvalue weighted by Gasteiger charge is -2.60. The first-order valence-electron chi connectivity index (χ1n) is 10.2. The van der Waals surface area contributed by atoms with Crippen LogP contribution in [-0.2, 0) is 4.79 Å². The zero-order chi connectivity index (χ0) is 17.1. The summed E-state index contributed by atoms with van der Waals surface area (Å²) in [5.74, 6) is 3.08. The maximum absolute atomic E-state index is 12.3. The Labute approximate surface area is 146 Å². The van der Waals surface area contributed by atoms with Gasteiger partial charge in [-0.1, -0.05) is 13.8 Å². The molecule has 3 nitrogen and oxygen atoms in total. The molecule has 0 bridgehead atoms. The summed E-state index contributed by atoms with van der Waals surface area (Å²) >= 11 is 0. The molecule has 0 aromatic heterocycles. The van der Waals surface area contributed by atoms with E-state index in [9.17, 15) is 15.0 Å². The molecule has 136 valence electrons. The Morgan fingerprint density at radius 3 is 2.42 bits per heavy atom. The van der Waals surface area contributed by atoms with Crippen molar-refractivity contribution < 1.29 is 15.0 Å². The standard InChI is InChI=1S/C21H34O3/c1-20-9-7-14(23)11-13(20)3-4-15-16-5-6-18(19(24)12-22)21(16,2)10-8-17(15)20/h13-18,22-23H,3-12H2,1-2H3/t13-,14-,15-,16-,17-,18+,20-,21-/m1/s1. The Morgan fingerprint density at radius 1 is 0.958 bits per heavy atom. The number of aliphatic hydroxyl groups is 2. The predicted molar refractivity (Wildman–Crippen MR) is 93.3 cm³/mol. The third-order valence-electron chi connectivity index (χ3n) is 9.18. The molecule has 4 aliphatic carbocycles. The molecule has 4 rings (SSSR count). The van der Waals surface area contributed by atoms with E-state index in [4.69, 9.17) is 0 Å². The molecule has 4 fully saturated rings. The summed E-state index contributed by atoms with van der Waals surface area (Å²) < 4.78 is 0. The summed E-state index contributed by atoms with van der Waals surface area (Å²) in [7, 11) is 0. The first-order chi connectivity index (χ1) is 11.4. The third-order valence-corrected chi connectivity index (χ3v) is 9.18. The second-order valence-electron chi connectivity index (χ2n) is 9.88. The minimum atomic E-state index is -0.279. The quantitative estimate of drug-likeness (QED) is 0.812. The summed E-state index contributed by atoms with van der Waals surface area (Å²) in [6.45, 7) is 4.57. The number of aliphatic hydroxyl groups excluding tert-OH is 2.